The molecule has 1 saturated heterocycles. The topological polar surface area (TPSA) is 36.9 Å². The molecule has 25 heavy (non-hydrogen) atoms. The summed E-state index contributed by atoms with van der Waals surface area (Å²) < 4.78 is 49.2. The molecule has 4 nitrogen and oxygen atoms in total. The van der Waals surface area contributed by atoms with Gasteiger partial charge in [-0.15, -0.1) is 0 Å². The van der Waals surface area contributed by atoms with E-state index < -0.39 is 25.4 Å². The summed E-state index contributed by atoms with van der Waals surface area (Å²) in [5.74, 6) is -2.99. The van der Waals surface area contributed by atoms with Crippen LogP contribution in [0.15, 0.2) is 30.3 Å². The van der Waals surface area contributed by atoms with Crippen molar-refractivity contribution in [3.8, 4) is 0 Å². The lowest BCUT2D eigenvalue weighted by molar-refractivity contribution is -0.220. The molecule has 2 aliphatic rings. The van der Waals surface area contributed by atoms with Gasteiger partial charge in [0, 0.05) is 6.61 Å². The first kappa shape index (κ1) is 18.7. The zero-order chi connectivity index (χ0) is 17.5. The molecule has 0 bridgehead atoms. The zero-order valence-corrected chi connectivity index (χ0v) is 14.4. The molecule has 1 atom stereocenters. The van der Waals surface area contributed by atoms with Gasteiger partial charge in [0.25, 0.3) is 5.92 Å². The fourth-order valence-electron chi connectivity index (χ4n) is 2.92. The van der Waals surface area contributed by atoms with Gasteiger partial charge in [-0.1, -0.05) is 30.3 Å². The number of hydrogen-bond donors (Lipinski definition) is 0. The number of rotatable bonds is 9. The molecule has 0 aromatic heterocycles. The number of benzene rings is 1. The van der Waals surface area contributed by atoms with E-state index in [1.54, 1.807) is 0 Å². The van der Waals surface area contributed by atoms with Gasteiger partial charge in [-0.05, 0) is 37.7 Å². The third kappa shape index (κ3) is 6.29. The maximum Gasteiger partial charge on any atom is 0.293 e. The molecule has 1 unspecified atom stereocenters. The highest BCUT2D eigenvalue weighted by Crippen LogP contribution is 2.29. The van der Waals surface area contributed by atoms with Crippen molar-refractivity contribution in [2.75, 3.05) is 19.8 Å². The Bertz CT molecular complexity index is 499. The van der Waals surface area contributed by atoms with Crippen molar-refractivity contribution in [3.63, 3.8) is 0 Å². The number of alkyl halides is 2. The van der Waals surface area contributed by atoms with Gasteiger partial charge in [-0.3, -0.25) is 0 Å². The highest BCUT2D eigenvalue weighted by atomic mass is 19.3. The SMILES string of the molecule is FC(F)(COC1CC(OCc2ccccc2)C1)COC1CCCCO1. The van der Waals surface area contributed by atoms with Gasteiger partial charge in [0.15, 0.2) is 6.29 Å². The molecule has 3 rings (SSSR count). The quantitative estimate of drug-likeness (QED) is 0.672. The lowest BCUT2D eigenvalue weighted by atomic mass is 9.92. The molecular weight excluding hydrogens is 330 g/mol. The van der Waals surface area contributed by atoms with Gasteiger partial charge in [0.05, 0.1) is 18.8 Å². The standard InChI is InChI=1S/C19H26F2O4/c20-19(21,14-25-18-8-4-5-9-22-18)13-24-17-10-16(11-17)23-12-15-6-2-1-3-7-15/h1-3,6-7,16-18H,4-5,8-14H2. The van der Waals surface area contributed by atoms with E-state index in [0.29, 0.717) is 32.5 Å². The molecule has 1 aliphatic carbocycles. The van der Waals surface area contributed by atoms with Gasteiger partial charge < -0.3 is 18.9 Å². The summed E-state index contributed by atoms with van der Waals surface area (Å²) in [6.07, 6.45) is 3.36. The summed E-state index contributed by atoms with van der Waals surface area (Å²) in [4.78, 5) is 0. The Labute approximate surface area is 147 Å². The Balaban J connectivity index is 1.26. The smallest absolute Gasteiger partial charge is 0.293 e. The van der Waals surface area contributed by atoms with Crippen LogP contribution in [0.5, 0.6) is 0 Å². The molecule has 0 spiro atoms. The van der Waals surface area contributed by atoms with Crippen LogP contribution >= 0.6 is 0 Å². The summed E-state index contributed by atoms with van der Waals surface area (Å²) in [5.41, 5.74) is 1.11. The summed E-state index contributed by atoms with van der Waals surface area (Å²) >= 11 is 0. The highest BCUT2D eigenvalue weighted by Gasteiger charge is 2.36. The molecule has 1 heterocycles. The van der Waals surface area contributed by atoms with Crippen molar-refractivity contribution < 1.29 is 27.7 Å². The Kier molecular flexibility index (Phi) is 6.76. The van der Waals surface area contributed by atoms with E-state index in [1.165, 1.54) is 0 Å². The maximum atomic E-state index is 13.8. The van der Waals surface area contributed by atoms with Crippen molar-refractivity contribution >= 4 is 0 Å². The second kappa shape index (κ2) is 9.03. The summed E-state index contributed by atoms with van der Waals surface area (Å²) in [7, 11) is 0. The van der Waals surface area contributed by atoms with E-state index in [0.717, 1.165) is 18.4 Å². The average Bonchev–Trinajstić information content (AvgIpc) is 2.60. The summed E-state index contributed by atoms with van der Waals surface area (Å²) in [6, 6.07) is 9.90. The first-order chi connectivity index (χ1) is 12.1. The molecule has 1 saturated carbocycles. The maximum absolute atomic E-state index is 13.8. The lowest BCUT2D eigenvalue weighted by Gasteiger charge is -2.35. The van der Waals surface area contributed by atoms with Crippen molar-refractivity contribution in [2.45, 2.75) is 63.1 Å². The molecule has 0 radical (unpaired) electrons. The molecule has 1 aromatic carbocycles. The van der Waals surface area contributed by atoms with E-state index in [-0.39, 0.29) is 12.2 Å². The van der Waals surface area contributed by atoms with Gasteiger partial charge in [0.1, 0.15) is 13.2 Å². The number of ether oxygens (including phenoxy) is 4. The first-order valence-corrected chi connectivity index (χ1v) is 8.99. The van der Waals surface area contributed by atoms with Gasteiger partial charge in [0.2, 0.25) is 0 Å². The Morgan fingerprint density at radius 1 is 0.960 bits per heavy atom. The van der Waals surface area contributed by atoms with Gasteiger partial charge >= 0.3 is 0 Å². The average molecular weight is 356 g/mol. The van der Waals surface area contributed by atoms with E-state index in [2.05, 4.69) is 0 Å². The van der Waals surface area contributed by atoms with Gasteiger partial charge in [-0.25, -0.2) is 8.78 Å². The van der Waals surface area contributed by atoms with Crippen LogP contribution in [0.3, 0.4) is 0 Å². The van der Waals surface area contributed by atoms with Crippen LogP contribution in [0.1, 0.15) is 37.7 Å². The molecule has 0 amide bonds. The minimum Gasteiger partial charge on any atom is -0.373 e. The fraction of sp³-hybridized carbons (Fsp3) is 0.684. The Hall–Kier alpha value is -1.08. The first-order valence-electron chi connectivity index (χ1n) is 8.99. The Morgan fingerprint density at radius 2 is 1.68 bits per heavy atom. The molecule has 140 valence electrons. The number of hydrogen-bond acceptors (Lipinski definition) is 4. The normalized spacial score (nSPS) is 27.0. The van der Waals surface area contributed by atoms with Crippen LogP contribution < -0.4 is 0 Å². The Morgan fingerprint density at radius 3 is 2.40 bits per heavy atom. The molecule has 2 fully saturated rings. The minimum atomic E-state index is -2.99. The molecule has 1 aliphatic heterocycles. The van der Waals surface area contributed by atoms with E-state index in [9.17, 15) is 8.78 Å². The van der Waals surface area contributed by atoms with E-state index >= 15 is 0 Å². The van der Waals surface area contributed by atoms with Crippen LogP contribution in [0.4, 0.5) is 8.78 Å². The van der Waals surface area contributed by atoms with E-state index in [4.69, 9.17) is 18.9 Å². The number of halogens is 2. The van der Waals surface area contributed by atoms with Crippen LogP contribution in [0, 0.1) is 0 Å². The molecular formula is C19H26F2O4. The second-order valence-corrected chi connectivity index (χ2v) is 6.79. The van der Waals surface area contributed by atoms with Crippen molar-refractivity contribution in [1.82, 2.24) is 0 Å². The second-order valence-electron chi connectivity index (χ2n) is 6.79. The van der Waals surface area contributed by atoms with Crippen LogP contribution in [0.25, 0.3) is 0 Å². The predicted octanol–water partition coefficient (Wildman–Crippen LogP) is 3.93. The van der Waals surface area contributed by atoms with Gasteiger partial charge in [-0.2, -0.15) is 0 Å². The minimum absolute atomic E-state index is 0.0886. The van der Waals surface area contributed by atoms with Crippen molar-refractivity contribution in [3.05, 3.63) is 35.9 Å². The summed E-state index contributed by atoms with van der Waals surface area (Å²) in [6.45, 7) is -0.142. The summed E-state index contributed by atoms with van der Waals surface area (Å²) in [5, 5.41) is 0. The largest absolute Gasteiger partial charge is 0.373 e. The predicted molar refractivity (Wildman–Crippen MR) is 88.5 cm³/mol. The van der Waals surface area contributed by atoms with E-state index in [1.807, 2.05) is 30.3 Å². The van der Waals surface area contributed by atoms with Crippen LogP contribution in [-0.4, -0.2) is 44.2 Å². The fourth-order valence-corrected chi connectivity index (χ4v) is 2.92. The monoisotopic (exact) mass is 356 g/mol. The zero-order valence-electron chi connectivity index (χ0n) is 14.4. The van der Waals surface area contributed by atoms with Crippen LogP contribution in [0.2, 0.25) is 0 Å². The van der Waals surface area contributed by atoms with Crippen molar-refractivity contribution in [2.24, 2.45) is 0 Å². The highest BCUT2D eigenvalue weighted by molar-refractivity contribution is 5.13. The third-order valence-corrected chi connectivity index (χ3v) is 4.53. The molecule has 6 heteroatoms. The lowest BCUT2D eigenvalue weighted by Crippen LogP contribution is -2.41. The molecule has 0 N–H and O–H groups in total. The van der Waals surface area contributed by atoms with Crippen molar-refractivity contribution in [1.29, 1.82) is 0 Å². The molecule has 1 aromatic rings. The van der Waals surface area contributed by atoms with Crippen LogP contribution in [-0.2, 0) is 25.6 Å². The third-order valence-electron chi connectivity index (χ3n) is 4.53.